The molecule has 0 aliphatic carbocycles. The van der Waals surface area contributed by atoms with Crippen molar-refractivity contribution in [1.29, 1.82) is 0 Å². The molecule has 218 valence electrons. The fourth-order valence-electron chi connectivity index (χ4n) is 4.94. The molecule has 1 heterocycles. The maximum atomic E-state index is 13.4. The van der Waals surface area contributed by atoms with E-state index in [1.807, 2.05) is 104 Å². The first-order valence-electron chi connectivity index (χ1n) is 14.1. The van der Waals surface area contributed by atoms with Crippen LogP contribution in [0.15, 0.2) is 103 Å². The van der Waals surface area contributed by atoms with Crippen molar-refractivity contribution in [2.45, 2.75) is 6.42 Å². The molecule has 0 atom stereocenters. The molecule has 0 aromatic heterocycles. The fourth-order valence-corrected chi connectivity index (χ4v) is 4.94. The van der Waals surface area contributed by atoms with E-state index in [0.717, 1.165) is 22.6 Å². The average molecular weight is 574 g/mol. The van der Waals surface area contributed by atoms with E-state index in [1.54, 1.807) is 42.1 Å². The summed E-state index contributed by atoms with van der Waals surface area (Å²) in [5.41, 5.74) is 5.93. The third-order valence-electron chi connectivity index (χ3n) is 7.44. The Bertz CT molecular complexity index is 1670. The van der Waals surface area contributed by atoms with Crippen molar-refractivity contribution < 1.29 is 14.4 Å². The van der Waals surface area contributed by atoms with Crippen LogP contribution in [0.25, 0.3) is 11.3 Å². The van der Waals surface area contributed by atoms with Gasteiger partial charge >= 0.3 is 0 Å². The molecule has 1 aliphatic heterocycles. The Morgan fingerprint density at radius 2 is 1.35 bits per heavy atom. The van der Waals surface area contributed by atoms with E-state index in [4.69, 9.17) is 0 Å². The molecule has 43 heavy (non-hydrogen) atoms. The molecule has 0 saturated heterocycles. The molecule has 0 unspecified atom stereocenters. The van der Waals surface area contributed by atoms with E-state index in [1.165, 1.54) is 0 Å². The van der Waals surface area contributed by atoms with Crippen LogP contribution in [-0.2, 0) is 9.59 Å². The van der Waals surface area contributed by atoms with Crippen molar-refractivity contribution in [3.63, 3.8) is 0 Å². The maximum absolute atomic E-state index is 13.4. The number of rotatable bonds is 9. The van der Waals surface area contributed by atoms with Crippen LogP contribution in [0.5, 0.6) is 0 Å². The lowest BCUT2D eigenvalue weighted by Crippen LogP contribution is -2.29. The van der Waals surface area contributed by atoms with Gasteiger partial charge in [0.2, 0.25) is 5.91 Å². The summed E-state index contributed by atoms with van der Waals surface area (Å²) >= 11 is 0. The van der Waals surface area contributed by atoms with E-state index in [9.17, 15) is 14.4 Å². The molecule has 4 aromatic carbocycles. The number of hydrogen-bond acceptors (Lipinski definition) is 5. The number of amides is 3. The third kappa shape index (κ3) is 6.50. The van der Waals surface area contributed by atoms with Gasteiger partial charge < -0.3 is 25.3 Å². The molecule has 5 rings (SSSR count). The monoisotopic (exact) mass is 573 g/mol. The highest BCUT2D eigenvalue weighted by Crippen LogP contribution is 2.38. The third-order valence-corrected chi connectivity index (χ3v) is 7.44. The zero-order valence-corrected chi connectivity index (χ0v) is 24.8. The lowest BCUT2D eigenvalue weighted by atomic mass is 9.98. The molecule has 3 amide bonds. The lowest BCUT2D eigenvalue weighted by molar-refractivity contribution is -0.118. The summed E-state index contributed by atoms with van der Waals surface area (Å²) in [6.07, 6.45) is 0.425. The molecular formula is C35H35N5O3. The van der Waals surface area contributed by atoms with Gasteiger partial charge in [-0.1, -0.05) is 48.5 Å². The van der Waals surface area contributed by atoms with Gasteiger partial charge in [-0.25, -0.2) is 0 Å². The Hall–Kier alpha value is -5.21. The highest BCUT2D eigenvalue weighted by Gasteiger charge is 2.30. The first-order chi connectivity index (χ1) is 20.7. The lowest BCUT2D eigenvalue weighted by Gasteiger charge is -2.20. The quantitative estimate of drug-likeness (QED) is 0.247. The van der Waals surface area contributed by atoms with Crippen LogP contribution in [0, 0.1) is 0 Å². The standard InChI is InChI=1S/C35H35N5O3/c1-38(2)22-21-31(41)39(3)28-18-16-26(17-19-28)36-33(24-11-7-5-8-12-24)32-29-23-25(15-20-30(29)37-34(32)42)35(43)40(4)27-13-9-6-10-14-27/h5-20,23,36H,21-22H2,1-4H3,(H,37,42). The van der Waals surface area contributed by atoms with E-state index >= 15 is 0 Å². The molecule has 0 bridgehead atoms. The van der Waals surface area contributed by atoms with Crippen molar-refractivity contribution in [3.05, 3.63) is 120 Å². The Morgan fingerprint density at radius 1 is 0.721 bits per heavy atom. The predicted molar refractivity (Wildman–Crippen MR) is 174 cm³/mol. The number of fused-ring (bicyclic) bond motifs is 1. The second-order valence-corrected chi connectivity index (χ2v) is 10.7. The highest BCUT2D eigenvalue weighted by molar-refractivity contribution is 6.37. The normalized spacial score (nSPS) is 13.3. The zero-order chi connectivity index (χ0) is 30.5. The molecule has 4 aromatic rings. The summed E-state index contributed by atoms with van der Waals surface area (Å²) in [5.74, 6) is -0.407. The Balaban J connectivity index is 1.49. The van der Waals surface area contributed by atoms with E-state index in [-0.39, 0.29) is 17.7 Å². The molecule has 8 heteroatoms. The Kier molecular flexibility index (Phi) is 8.69. The number of nitrogens with one attached hydrogen (secondary N) is 2. The van der Waals surface area contributed by atoms with Crippen molar-refractivity contribution in [2.24, 2.45) is 0 Å². The summed E-state index contributed by atoms with van der Waals surface area (Å²) in [7, 11) is 7.39. The fraction of sp³-hybridized carbons (Fsp3) is 0.171. The zero-order valence-electron chi connectivity index (χ0n) is 24.8. The van der Waals surface area contributed by atoms with Crippen LogP contribution in [0.2, 0.25) is 0 Å². The topological polar surface area (TPSA) is 85.0 Å². The van der Waals surface area contributed by atoms with Gasteiger partial charge in [-0.15, -0.1) is 0 Å². The van der Waals surface area contributed by atoms with Crippen molar-refractivity contribution in [2.75, 3.05) is 55.2 Å². The van der Waals surface area contributed by atoms with Gasteiger partial charge in [0.15, 0.2) is 0 Å². The molecule has 8 nitrogen and oxygen atoms in total. The van der Waals surface area contributed by atoms with Gasteiger partial charge in [-0.2, -0.15) is 0 Å². The SMILES string of the molecule is CN(C)CCC(=O)N(C)c1ccc(NC(=C2C(=O)Nc3ccc(C(=O)N(C)c4ccccc4)cc32)c2ccccc2)cc1. The van der Waals surface area contributed by atoms with Crippen LogP contribution in [0.4, 0.5) is 22.7 Å². The van der Waals surface area contributed by atoms with Crippen LogP contribution < -0.4 is 20.4 Å². The Labute approximate surface area is 252 Å². The molecule has 0 fully saturated rings. The van der Waals surface area contributed by atoms with Crippen LogP contribution in [0.3, 0.4) is 0 Å². The smallest absolute Gasteiger partial charge is 0.258 e. The largest absolute Gasteiger partial charge is 0.354 e. The highest BCUT2D eigenvalue weighted by atomic mass is 16.2. The van der Waals surface area contributed by atoms with Gasteiger partial charge in [-0.3, -0.25) is 14.4 Å². The summed E-state index contributed by atoms with van der Waals surface area (Å²) in [6.45, 7) is 0.677. The van der Waals surface area contributed by atoms with E-state index < -0.39 is 0 Å². The number of benzene rings is 4. The molecule has 0 spiro atoms. The van der Waals surface area contributed by atoms with Crippen molar-refractivity contribution >= 4 is 51.7 Å². The average Bonchev–Trinajstić information content (AvgIpc) is 3.37. The second kappa shape index (κ2) is 12.8. The van der Waals surface area contributed by atoms with Crippen LogP contribution >= 0.6 is 0 Å². The molecule has 2 N–H and O–H groups in total. The summed E-state index contributed by atoms with van der Waals surface area (Å²) in [5, 5.41) is 6.41. The maximum Gasteiger partial charge on any atom is 0.258 e. The number of anilines is 4. The molecule has 0 radical (unpaired) electrons. The first kappa shape index (κ1) is 29.3. The Morgan fingerprint density at radius 3 is 2.00 bits per heavy atom. The number of para-hydroxylation sites is 1. The minimum atomic E-state index is -0.259. The van der Waals surface area contributed by atoms with Gasteiger partial charge in [0, 0.05) is 60.9 Å². The van der Waals surface area contributed by atoms with Crippen molar-refractivity contribution in [3.8, 4) is 0 Å². The number of hydrogen-bond donors (Lipinski definition) is 2. The van der Waals surface area contributed by atoms with Gasteiger partial charge in [-0.05, 0) is 74.3 Å². The summed E-state index contributed by atoms with van der Waals surface area (Å²) in [6, 6.07) is 31.8. The van der Waals surface area contributed by atoms with Crippen LogP contribution in [-0.4, -0.2) is 57.4 Å². The molecule has 0 saturated carbocycles. The molecule has 1 aliphatic rings. The van der Waals surface area contributed by atoms with Gasteiger partial charge in [0.1, 0.15) is 0 Å². The van der Waals surface area contributed by atoms with E-state index in [2.05, 4.69) is 10.6 Å². The number of carbonyl (C=O) groups is 3. The minimum absolute atomic E-state index is 0.0315. The second-order valence-electron chi connectivity index (χ2n) is 10.7. The van der Waals surface area contributed by atoms with Crippen molar-refractivity contribution in [1.82, 2.24) is 4.90 Å². The summed E-state index contributed by atoms with van der Waals surface area (Å²) in [4.78, 5) is 44.7. The number of carbonyl (C=O) groups excluding carboxylic acids is 3. The van der Waals surface area contributed by atoms with Gasteiger partial charge in [0.05, 0.1) is 11.3 Å². The van der Waals surface area contributed by atoms with Gasteiger partial charge in [0.25, 0.3) is 11.8 Å². The summed E-state index contributed by atoms with van der Waals surface area (Å²) < 4.78 is 0. The minimum Gasteiger partial charge on any atom is -0.354 e. The van der Waals surface area contributed by atoms with E-state index in [0.29, 0.717) is 41.1 Å². The molecular weight excluding hydrogens is 538 g/mol. The van der Waals surface area contributed by atoms with Crippen LogP contribution in [0.1, 0.15) is 27.9 Å². The number of nitrogens with zero attached hydrogens (tertiary/aromatic N) is 3. The predicted octanol–water partition coefficient (Wildman–Crippen LogP) is 5.81. The first-order valence-corrected chi connectivity index (χ1v) is 14.1.